The first-order valence-corrected chi connectivity index (χ1v) is 13.8. The Morgan fingerprint density at radius 1 is 0.952 bits per heavy atom. The Bertz CT molecular complexity index is 1550. The number of piperidine rings is 1. The van der Waals surface area contributed by atoms with Gasteiger partial charge in [0.05, 0.1) is 19.2 Å². The van der Waals surface area contributed by atoms with Crippen molar-refractivity contribution in [2.24, 2.45) is 5.92 Å². The molecule has 2 aromatic carbocycles. The Hall–Kier alpha value is -4.77. The van der Waals surface area contributed by atoms with Gasteiger partial charge in [0.25, 0.3) is 0 Å². The molecule has 11 heteroatoms. The van der Waals surface area contributed by atoms with Crippen molar-refractivity contribution < 1.29 is 28.2 Å². The van der Waals surface area contributed by atoms with Crippen LogP contribution in [0.15, 0.2) is 67.1 Å². The number of hydrogen-bond donors (Lipinski definition) is 3. The van der Waals surface area contributed by atoms with E-state index in [1.165, 1.54) is 12.1 Å². The summed E-state index contributed by atoms with van der Waals surface area (Å²) < 4.78 is 32.6. The van der Waals surface area contributed by atoms with Crippen LogP contribution in [-0.4, -0.2) is 55.1 Å². The fourth-order valence-electron chi connectivity index (χ4n) is 4.66. The van der Waals surface area contributed by atoms with Crippen molar-refractivity contribution >= 4 is 28.4 Å². The highest BCUT2D eigenvalue weighted by molar-refractivity contribution is 6.39. The molecule has 0 bridgehead atoms. The monoisotopic (exact) mass is 573 g/mol. The minimum Gasteiger partial charge on any atom is -0.493 e. The van der Waals surface area contributed by atoms with Gasteiger partial charge in [-0.25, -0.2) is 4.39 Å². The molecule has 0 atom stereocenters. The van der Waals surface area contributed by atoms with Crippen LogP contribution in [0.2, 0.25) is 0 Å². The molecule has 2 aromatic heterocycles. The molecule has 0 radical (unpaired) electrons. The number of pyridine rings is 2. The van der Waals surface area contributed by atoms with E-state index in [4.69, 9.17) is 14.2 Å². The lowest BCUT2D eigenvalue weighted by Gasteiger charge is -2.23. The van der Waals surface area contributed by atoms with E-state index in [9.17, 15) is 9.59 Å². The second-order valence-corrected chi connectivity index (χ2v) is 9.90. The smallest absolute Gasteiger partial charge is 0.313 e. The van der Waals surface area contributed by atoms with E-state index in [2.05, 4.69) is 25.9 Å². The van der Waals surface area contributed by atoms with Gasteiger partial charge in [-0.3, -0.25) is 19.6 Å². The highest BCUT2D eigenvalue weighted by Crippen LogP contribution is 2.38. The Balaban J connectivity index is 1.22. The SMILES string of the molecule is COc1cc2c(Oc3ccc(NC(=O)C(=O)NCCc4ccncc4)cc3F)ccnc2cc1OCC1CCNCC1. The van der Waals surface area contributed by atoms with Crippen molar-refractivity contribution in [3.63, 3.8) is 0 Å². The van der Waals surface area contributed by atoms with Crippen LogP contribution in [0.3, 0.4) is 0 Å². The van der Waals surface area contributed by atoms with Crippen molar-refractivity contribution in [3.05, 3.63) is 78.5 Å². The maximum Gasteiger partial charge on any atom is 0.313 e. The molecule has 2 amide bonds. The highest BCUT2D eigenvalue weighted by atomic mass is 19.1. The van der Waals surface area contributed by atoms with Gasteiger partial charge in [-0.05, 0) is 80.2 Å². The predicted octanol–water partition coefficient (Wildman–Crippen LogP) is 4.25. The minimum absolute atomic E-state index is 0.0625. The molecule has 5 rings (SSSR count). The molecule has 3 heterocycles. The van der Waals surface area contributed by atoms with Crippen molar-refractivity contribution in [1.82, 2.24) is 20.6 Å². The summed E-state index contributed by atoms with van der Waals surface area (Å²) in [5.41, 5.74) is 1.70. The number of benzene rings is 2. The van der Waals surface area contributed by atoms with Gasteiger partial charge in [-0.2, -0.15) is 0 Å². The summed E-state index contributed by atoms with van der Waals surface area (Å²) in [5.74, 6) is -0.557. The first-order valence-electron chi connectivity index (χ1n) is 13.8. The summed E-state index contributed by atoms with van der Waals surface area (Å²) in [6.07, 6.45) is 7.54. The van der Waals surface area contributed by atoms with Crippen LogP contribution in [-0.2, 0) is 16.0 Å². The van der Waals surface area contributed by atoms with Crippen molar-refractivity contribution in [2.75, 3.05) is 38.7 Å². The molecule has 1 fully saturated rings. The van der Waals surface area contributed by atoms with Crippen LogP contribution in [0.1, 0.15) is 18.4 Å². The average molecular weight is 574 g/mol. The molecule has 1 aliphatic heterocycles. The largest absolute Gasteiger partial charge is 0.493 e. The Kier molecular flexibility index (Phi) is 9.40. The Labute approximate surface area is 242 Å². The standard InChI is InChI=1S/C31H32FN5O5/c1-40-28-17-23-25(18-29(28)41-19-21-6-12-34-13-7-21)35-15-9-26(23)42-27-3-2-22(16-24(27)32)37-31(39)30(38)36-14-8-20-4-10-33-11-5-20/h2-5,9-11,15-18,21,34H,6-8,12-14,19H2,1H3,(H,36,38)(H,37,39). The van der Waals surface area contributed by atoms with Gasteiger partial charge in [0.2, 0.25) is 0 Å². The van der Waals surface area contributed by atoms with Gasteiger partial charge in [0.1, 0.15) is 5.75 Å². The average Bonchev–Trinajstić information content (AvgIpc) is 3.02. The number of hydrogen-bond acceptors (Lipinski definition) is 8. The third-order valence-electron chi connectivity index (χ3n) is 6.98. The zero-order chi connectivity index (χ0) is 29.3. The summed E-state index contributed by atoms with van der Waals surface area (Å²) in [7, 11) is 1.56. The summed E-state index contributed by atoms with van der Waals surface area (Å²) in [4.78, 5) is 32.8. The summed E-state index contributed by atoms with van der Waals surface area (Å²) in [6, 6.07) is 12.8. The normalized spacial score (nSPS) is 13.4. The molecule has 3 N–H and O–H groups in total. The number of anilines is 1. The minimum atomic E-state index is -0.900. The number of rotatable bonds is 10. The number of amides is 2. The van der Waals surface area contributed by atoms with Gasteiger partial charge < -0.3 is 30.2 Å². The van der Waals surface area contributed by atoms with Crippen molar-refractivity contribution in [3.8, 4) is 23.0 Å². The van der Waals surface area contributed by atoms with E-state index in [0.717, 1.165) is 37.6 Å². The number of nitrogens with zero attached hydrogens (tertiary/aromatic N) is 2. The topological polar surface area (TPSA) is 124 Å². The number of ether oxygens (including phenoxy) is 3. The molecule has 10 nitrogen and oxygen atoms in total. The van der Waals surface area contributed by atoms with E-state index in [1.54, 1.807) is 43.9 Å². The van der Waals surface area contributed by atoms with E-state index in [-0.39, 0.29) is 18.0 Å². The second kappa shape index (κ2) is 13.7. The van der Waals surface area contributed by atoms with Gasteiger partial charge >= 0.3 is 11.8 Å². The van der Waals surface area contributed by atoms with Gasteiger partial charge in [0, 0.05) is 48.3 Å². The molecule has 0 saturated carbocycles. The van der Waals surface area contributed by atoms with Gasteiger partial charge in [-0.15, -0.1) is 0 Å². The van der Waals surface area contributed by atoms with Crippen LogP contribution in [0.25, 0.3) is 10.9 Å². The van der Waals surface area contributed by atoms with E-state index >= 15 is 4.39 Å². The molecule has 0 aliphatic carbocycles. The Morgan fingerprint density at radius 2 is 1.76 bits per heavy atom. The summed E-state index contributed by atoms with van der Waals surface area (Å²) in [5, 5.41) is 8.92. The predicted molar refractivity (Wildman–Crippen MR) is 155 cm³/mol. The molecule has 1 aliphatic rings. The lowest BCUT2D eigenvalue weighted by molar-refractivity contribution is -0.136. The third kappa shape index (κ3) is 7.29. The second-order valence-electron chi connectivity index (χ2n) is 9.90. The van der Waals surface area contributed by atoms with E-state index in [0.29, 0.717) is 47.1 Å². The fraction of sp³-hybridized carbons (Fsp3) is 0.290. The van der Waals surface area contributed by atoms with Crippen LogP contribution in [0, 0.1) is 11.7 Å². The molecule has 1 saturated heterocycles. The lowest BCUT2D eigenvalue weighted by atomic mass is 9.99. The highest BCUT2D eigenvalue weighted by Gasteiger charge is 2.18. The summed E-state index contributed by atoms with van der Waals surface area (Å²) in [6.45, 7) is 2.82. The van der Waals surface area contributed by atoms with E-state index in [1.807, 2.05) is 12.1 Å². The molecule has 218 valence electrons. The van der Waals surface area contributed by atoms with E-state index < -0.39 is 17.6 Å². The number of methoxy groups -OCH3 is 1. The molecular formula is C31H32FN5O5. The van der Waals surface area contributed by atoms with Gasteiger partial charge in [-0.1, -0.05) is 0 Å². The zero-order valence-corrected chi connectivity index (χ0v) is 23.2. The van der Waals surface area contributed by atoms with Crippen LogP contribution < -0.4 is 30.2 Å². The molecule has 0 spiro atoms. The maximum atomic E-state index is 15.0. The number of fused-ring (bicyclic) bond motifs is 1. The zero-order valence-electron chi connectivity index (χ0n) is 23.2. The lowest BCUT2D eigenvalue weighted by Crippen LogP contribution is -2.36. The number of carbonyl (C=O) groups excluding carboxylic acids is 2. The molecule has 4 aromatic rings. The van der Waals surface area contributed by atoms with Crippen LogP contribution >= 0.6 is 0 Å². The number of nitrogens with one attached hydrogen (secondary N) is 3. The quantitative estimate of drug-likeness (QED) is 0.241. The first-order chi connectivity index (χ1) is 20.5. The number of halogens is 1. The third-order valence-corrected chi connectivity index (χ3v) is 6.98. The number of aromatic nitrogens is 2. The van der Waals surface area contributed by atoms with Crippen molar-refractivity contribution in [1.29, 1.82) is 0 Å². The fourth-order valence-corrected chi connectivity index (χ4v) is 4.66. The van der Waals surface area contributed by atoms with Crippen LogP contribution in [0.5, 0.6) is 23.0 Å². The van der Waals surface area contributed by atoms with Crippen LogP contribution in [0.4, 0.5) is 10.1 Å². The van der Waals surface area contributed by atoms with Crippen molar-refractivity contribution in [2.45, 2.75) is 19.3 Å². The summed E-state index contributed by atoms with van der Waals surface area (Å²) >= 11 is 0. The first kappa shape index (κ1) is 28.7. The maximum absolute atomic E-state index is 15.0. The Morgan fingerprint density at radius 3 is 2.52 bits per heavy atom. The van der Waals surface area contributed by atoms with Gasteiger partial charge in [0.15, 0.2) is 23.1 Å². The number of carbonyl (C=O) groups is 2. The molecular weight excluding hydrogens is 541 g/mol. The molecule has 0 unspecified atom stereocenters. The molecule has 42 heavy (non-hydrogen) atoms.